The molecule has 3 heterocycles. The maximum absolute atomic E-state index is 12.9. The Bertz CT molecular complexity index is 1120. The Morgan fingerprint density at radius 2 is 2.00 bits per heavy atom. The molecule has 0 aliphatic carbocycles. The molecule has 3 aliphatic rings. The van der Waals surface area contributed by atoms with Crippen molar-refractivity contribution < 1.29 is 28.6 Å². The molecule has 172 valence electrons. The molecule has 33 heavy (non-hydrogen) atoms. The lowest BCUT2D eigenvalue weighted by Crippen LogP contribution is -2.56. The van der Waals surface area contributed by atoms with E-state index in [2.05, 4.69) is 5.32 Å². The molecule has 0 saturated carbocycles. The zero-order chi connectivity index (χ0) is 22.9. The van der Waals surface area contributed by atoms with E-state index in [1.165, 1.54) is 0 Å². The van der Waals surface area contributed by atoms with Crippen molar-refractivity contribution in [3.8, 4) is 17.2 Å². The van der Waals surface area contributed by atoms with E-state index in [-0.39, 0.29) is 43.6 Å². The molecule has 0 radical (unpaired) electrons. The number of hydrogen-bond acceptors (Lipinski definition) is 6. The molecule has 0 bridgehead atoms. The Morgan fingerprint density at radius 3 is 2.85 bits per heavy atom. The normalized spacial score (nSPS) is 19.0. The molecule has 0 spiro atoms. The zero-order valence-corrected chi connectivity index (χ0v) is 18.3. The number of fused-ring (bicyclic) bond motifs is 2. The Balaban J connectivity index is 1.29. The molecule has 5 rings (SSSR count). The summed E-state index contributed by atoms with van der Waals surface area (Å²) in [5.74, 6) is 1.59. The number of methoxy groups -OCH3 is 1. The number of benzene rings is 2. The Labute approximate surface area is 191 Å². The van der Waals surface area contributed by atoms with E-state index in [4.69, 9.17) is 14.2 Å². The van der Waals surface area contributed by atoms with Crippen molar-refractivity contribution in [1.82, 2.24) is 15.1 Å². The van der Waals surface area contributed by atoms with Crippen molar-refractivity contribution in [2.75, 3.05) is 27.0 Å². The van der Waals surface area contributed by atoms with Crippen LogP contribution in [0.5, 0.6) is 17.2 Å². The molecule has 0 aromatic heterocycles. The second kappa shape index (κ2) is 8.65. The van der Waals surface area contributed by atoms with E-state index in [9.17, 15) is 14.4 Å². The van der Waals surface area contributed by atoms with Crippen LogP contribution in [0.25, 0.3) is 0 Å². The summed E-state index contributed by atoms with van der Waals surface area (Å²) in [5.41, 5.74) is 2.02. The maximum Gasteiger partial charge on any atom is 0.251 e. The predicted octanol–water partition coefficient (Wildman–Crippen LogP) is 1.69. The summed E-state index contributed by atoms with van der Waals surface area (Å²) in [4.78, 5) is 41.4. The van der Waals surface area contributed by atoms with E-state index in [1.54, 1.807) is 35.1 Å². The summed E-state index contributed by atoms with van der Waals surface area (Å²) >= 11 is 0. The van der Waals surface area contributed by atoms with Crippen LogP contribution in [0.3, 0.4) is 0 Å². The fraction of sp³-hybridized carbons (Fsp3) is 0.375. The van der Waals surface area contributed by atoms with E-state index < -0.39 is 0 Å². The van der Waals surface area contributed by atoms with Gasteiger partial charge in [0.2, 0.25) is 18.6 Å². The molecule has 1 atom stereocenters. The minimum atomic E-state index is -0.370. The number of nitrogens with one attached hydrogen (secondary N) is 1. The zero-order valence-electron chi connectivity index (χ0n) is 18.3. The van der Waals surface area contributed by atoms with Gasteiger partial charge < -0.3 is 29.3 Å². The average Bonchev–Trinajstić information content (AvgIpc) is 3.50. The number of hydrogen-bond donors (Lipinski definition) is 1. The van der Waals surface area contributed by atoms with Gasteiger partial charge in [0.25, 0.3) is 5.91 Å². The Morgan fingerprint density at radius 1 is 1.15 bits per heavy atom. The van der Waals surface area contributed by atoms with Crippen LogP contribution in [0.15, 0.2) is 36.4 Å². The number of ether oxygens (including phenoxy) is 3. The smallest absolute Gasteiger partial charge is 0.251 e. The fourth-order valence-corrected chi connectivity index (χ4v) is 4.58. The number of carbonyl (C=O) groups is 3. The number of nitrogens with zero attached hydrogens (tertiary/aromatic N) is 2. The average molecular weight is 451 g/mol. The summed E-state index contributed by atoms with van der Waals surface area (Å²) in [5, 5.41) is 2.90. The molecule has 2 aromatic carbocycles. The first-order chi connectivity index (χ1) is 16.0. The van der Waals surface area contributed by atoms with Crippen LogP contribution in [0.1, 0.15) is 34.3 Å². The lowest BCUT2D eigenvalue weighted by atomic mass is 10.1. The van der Waals surface area contributed by atoms with Crippen molar-refractivity contribution >= 4 is 17.7 Å². The van der Waals surface area contributed by atoms with Crippen LogP contribution in [0.4, 0.5) is 0 Å². The molecule has 3 aliphatic heterocycles. The van der Waals surface area contributed by atoms with Gasteiger partial charge in [-0.2, -0.15) is 0 Å². The molecule has 0 unspecified atom stereocenters. The third kappa shape index (κ3) is 4.06. The fourth-order valence-electron chi connectivity index (χ4n) is 4.58. The highest BCUT2D eigenvalue weighted by molar-refractivity contribution is 5.96. The second-order valence-corrected chi connectivity index (χ2v) is 8.34. The van der Waals surface area contributed by atoms with Crippen molar-refractivity contribution in [2.24, 2.45) is 0 Å². The van der Waals surface area contributed by atoms with E-state index in [0.717, 1.165) is 12.0 Å². The SMILES string of the molecule is COc1ccc(C(=O)NCc2ccc3c(c2)OCO3)cc1CN1CC(=O)N2CCC[C@@H]2C1=O. The van der Waals surface area contributed by atoms with E-state index in [1.807, 2.05) is 18.2 Å². The van der Waals surface area contributed by atoms with Gasteiger partial charge in [-0.3, -0.25) is 14.4 Å². The van der Waals surface area contributed by atoms with Crippen LogP contribution in [0.2, 0.25) is 0 Å². The first-order valence-electron chi connectivity index (χ1n) is 11.0. The van der Waals surface area contributed by atoms with Crippen molar-refractivity contribution in [3.63, 3.8) is 0 Å². The van der Waals surface area contributed by atoms with Crippen molar-refractivity contribution in [3.05, 3.63) is 53.1 Å². The van der Waals surface area contributed by atoms with Gasteiger partial charge in [-0.15, -0.1) is 0 Å². The van der Waals surface area contributed by atoms with Gasteiger partial charge in [0.05, 0.1) is 7.11 Å². The van der Waals surface area contributed by atoms with Crippen LogP contribution >= 0.6 is 0 Å². The third-order valence-corrected chi connectivity index (χ3v) is 6.29. The molecule has 2 aromatic rings. The third-order valence-electron chi connectivity index (χ3n) is 6.29. The summed E-state index contributed by atoms with van der Waals surface area (Å²) < 4.78 is 16.1. The van der Waals surface area contributed by atoms with Crippen molar-refractivity contribution in [1.29, 1.82) is 0 Å². The van der Waals surface area contributed by atoms with Crippen LogP contribution in [-0.4, -0.2) is 60.6 Å². The first-order valence-corrected chi connectivity index (χ1v) is 11.0. The lowest BCUT2D eigenvalue weighted by Gasteiger charge is -2.36. The molecule has 9 nitrogen and oxygen atoms in total. The quantitative estimate of drug-likeness (QED) is 0.718. The number of amides is 3. The first kappa shape index (κ1) is 21.1. The molecular formula is C24H25N3O6. The topological polar surface area (TPSA) is 97.4 Å². The summed E-state index contributed by atoms with van der Waals surface area (Å²) in [6, 6.07) is 10.3. The molecule has 3 amide bonds. The Kier molecular flexibility index (Phi) is 5.53. The monoisotopic (exact) mass is 451 g/mol. The molecule has 9 heteroatoms. The molecule has 1 N–H and O–H groups in total. The van der Waals surface area contributed by atoms with Crippen LogP contribution < -0.4 is 19.5 Å². The van der Waals surface area contributed by atoms with Crippen LogP contribution in [0, 0.1) is 0 Å². The summed E-state index contributed by atoms with van der Waals surface area (Å²) in [6.07, 6.45) is 1.54. The number of piperazine rings is 1. The lowest BCUT2D eigenvalue weighted by molar-refractivity contribution is -0.154. The van der Waals surface area contributed by atoms with Gasteiger partial charge in [-0.25, -0.2) is 0 Å². The number of rotatable bonds is 6. The van der Waals surface area contributed by atoms with Gasteiger partial charge in [0, 0.05) is 30.8 Å². The molecule has 2 saturated heterocycles. The van der Waals surface area contributed by atoms with Gasteiger partial charge in [0.15, 0.2) is 11.5 Å². The van der Waals surface area contributed by atoms with E-state index >= 15 is 0 Å². The number of carbonyl (C=O) groups excluding carboxylic acids is 3. The van der Waals surface area contributed by atoms with Gasteiger partial charge in [-0.1, -0.05) is 6.07 Å². The van der Waals surface area contributed by atoms with Crippen LogP contribution in [-0.2, 0) is 22.7 Å². The maximum atomic E-state index is 12.9. The Hall–Kier alpha value is -3.75. The standard InChI is InChI=1S/C24H25N3O6/c1-31-19-7-5-16(23(29)25-11-15-4-6-20-21(9-15)33-14-32-20)10-17(19)12-26-13-22(28)27-8-2-3-18(27)24(26)30/h4-7,9-10,18H,2-3,8,11-14H2,1H3,(H,25,29)/t18-/m1/s1. The van der Waals surface area contributed by atoms with E-state index in [0.29, 0.717) is 47.9 Å². The summed E-state index contributed by atoms with van der Waals surface area (Å²) in [7, 11) is 1.54. The predicted molar refractivity (Wildman–Crippen MR) is 117 cm³/mol. The highest BCUT2D eigenvalue weighted by Gasteiger charge is 2.41. The minimum absolute atomic E-state index is 0.0336. The molecule has 2 fully saturated rings. The highest BCUT2D eigenvalue weighted by atomic mass is 16.7. The molecular weight excluding hydrogens is 426 g/mol. The van der Waals surface area contributed by atoms with Gasteiger partial charge in [0.1, 0.15) is 18.3 Å². The minimum Gasteiger partial charge on any atom is -0.496 e. The largest absolute Gasteiger partial charge is 0.496 e. The van der Waals surface area contributed by atoms with Gasteiger partial charge >= 0.3 is 0 Å². The summed E-state index contributed by atoms with van der Waals surface area (Å²) in [6.45, 7) is 1.42. The van der Waals surface area contributed by atoms with Gasteiger partial charge in [-0.05, 0) is 48.7 Å². The van der Waals surface area contributed by atoms with Crippen molar-refractivity contribution in [2.45, 2.75) is 32.0 Å². The second-order valence-electron chi connectivity index (χ2n) is 8.34. The highest BCUT2D eigenvalue weighted by Crippen LogP contribution is 2.32.